The van der Waals surface area contributed by atoms with Gasteiger partial charge in [0.05, 0.1) is 0 Å². The Kier molecular flexibility index (Phi) is 4.67. The molecule has 0 aliphatic rings. The molecular weight excluding hydrogens is 256 g/mol. The summed E-state index contributed by atoms with van der Waals surface area (Å²) in [6.45, 7) is 5.09. The predicted molar refractivity (Wildman–Crippen MR) is 67.4 cm³/mol. The lowest BCUT2D eigenvalue weighted by molar-refractivity contribution is -0.153. The van der Waals surface area contributed by atoms with Crippen LogP contribution in [0.2, 0.25) is 5.15 Å². The number of aromatic nitrogens is 1. The van der Waals surface area contributed by atoms with Crippen LogP contribution < -0.4 is 5.32 Å². The van der Waals surface area contributed by atoms with Gasteiger partial charge in [0.1, 0.15) is 17.3 Å². The van der Waals surface area contributed by atoms with Crippen molar-refractivity contribution in [2.75, 3.05) is 6.54 Å². The van der Waals surface area contributed by atoms with E-state index in [4.69, 9.17) is 16.3 Å². The molecule has 0 aliphatic heterocycles. The van der Waals surface area contributed by atoms with Crippen molar-refractivity contribution in [2.24, 2.45) is 0 Å². The van der Waals surface area contributed by atoms with Crippen LogP contribution in [-0.2, 0) is 9.53 Å². The molecule has 0 aromatic carbocycles. The Morgan fingerprint density at radius 3 is 2.67 bits per heavy atom. The van der Waals surface area contributed by atoms with Gasteiger partial charge in [-0.1, -0.05) is 11.6 Å². The lowest BCUT2D eigenvalue weighted by Gasteiger charge is -2.19. The van der Waals surface area contributed by atoms with Gasteiger partial charge < -0.3 is 10.1 Å². The van der Waals surface area contributed by atoms with Crippen LogP contribution in [0.15, 0.2) is 18.3 Å². The second kappa shape index (κ2) is 5.82. The number of amides is 1. The third-order valence-electron chi connectivity index (χ3n) is 1.80. The first-order valence-corrected chi connectivity index (χ1v) is 5.77. The molecule has 5 nitrogen and oxygen atoms in total. The molecule has 0 fully saturated rings. The first-order chi connectivity index (χ1) is 8.28. The van der Waals surface area contributed by atoms with Crippen molar-refractivity contribution in [3.8, 4) is 0 Å². The number of hydrogen-bond acceptors (Lipinski definition) is 4. The maximum absolute atomic E-state index is 11.7. The number of nitrogens with one attached hydrogen (secondary N) is 1. The molecular formula is C12H15ClN2O3. The molecule has 1 amide bonds. The number of carbonyl (C=O) groups is 2. The summed E-state index contributed by atoms with van der Waals surface area (Å²) in [5.41, 5.74) is -0.222. The minimum Gasteiger partial charge on any atom is -0.459 e. The minimum atomic E-state index is -0.568. The highest BCUT2D eigenvalue weighted by Gasteiger charge is 2.17. The fourth-order valence-corrected chi connectivity index (χ4v) is 1.35. The van der Waals surface area contributed by atoms with E-state index in [1.54, 1.807) is 20.8 Å². The Bertz CT molecular complexity index is 455. The normalized spacial score (nSPS) is 10.9. The van der Waals surface area contributed by atoms with Gasteiger partial charge in [-0.2, -0.15) is 0 Å². The van der Waals surface area contributed by atoms with Gasteiger partial charge in [0.15, 0.2) is 0 Å². The molecule has 0 bridgehead atoms. The average Bonchev–Trinajstić information content (AvgIpc) is 2.23. The van der Waals surface area contributed by atoms with E-state index in [1.165, 1.54) is 18.3 Å². The first kappa shape index (κ1) is 14.4. The lowest BCUT2D eigenvalue weighted by Crippen LogP contribution is -2.34. The summed E-state index contributed by atoms with van der Waals surface area (Å²) in [5.74, 6) is -0.888. The third kappa shape index (κ3) is 5.14. The standard InChI is InChI=1S/C12H15ClN2O3/c1-12(2,3)18-10(16)7-15-11(17)8-4-5-14-9(13)6-8/h4-6H,7H2,1-3H3,(H,15,17). The molecule has 0 atom stereocenters. The third-order valence-corrected chi connectivity index (χ3v) is 2.01. The van der Waals surface area contributed by atoms with Crippen LogP contribution in [0.1, 0.15) is 31.1 Å². The number of nitrogens with zero attached hydrogens (tertiary/aromatic N) is 1. The van der Waals surface area contributed by atoms with Gasteiger partial charge >= 0.3 is 5.97 Å². The first-order valence-electron chi connectivity index (χ1n) is 5.39. The SMILES string of the molecule is CC(C)(C)OC(=O)CNC(=O)c1ccnc(Cl)c1. The van der Waals surface area contributed by atoms with E-state index in [0.717, 1.165) is 0 Å². The van der Waals surface area contributed by atoms with E-state index in [9.17, 15) is 9.59 Å². The molecule has 0 unspecified atom stereocenters. The zero-order chi connectivity index (χ0) is 13.8. The summed E-state index contributed by atoms with van der Waals surface area (Å²) < 4.78 is 5.06. The minimum absolute atomic E-state index is 0.184. The van der Waals surface area contributed by atoms with E-state index < -0.39 is 17.5 Å². The number of esters is 1. The Labute approximate surface area is 110 Å². The quantitative estimate of drug-likeness (QED) is 0.672. The van der Waals surface area contributed by atoms with Gasteiger partial charge in [-0.05, 0) is 32.9 Å². The number of ether oxygens (including phenoxy) is 1. The van der Waals surface area contributed by atoms with Crippen molar-refractivity contribution in [2.45, 2.75) is 26.4 Å². The molecule has 18 heavy (non-hydrogen) atoms. The van der Waals surface area contributed by atoms with Crippen LogP contribution in [0, 0.1) is 0 Å². The summed E-state index contributed by atoms with van der Waals surface area (Å²) in [7, 11) is 0. The van der Waals surface area contributed by atoms with Gasteiger partial charge in [-0.25, -0.2) is 4.98 Å². The summed E-state index contributed by atoms with van der Waals surface area (Å²) in [4.78, 5) is 26.8. The highest BCUT2D eigenvalue weighted by Crippen LogP contribution is 2.08. The zero-order valence-electron chi connectivity index (χ0n) is 10.5. The Balaban J connectivity index is 2.49. The molecule has 0 saturated carbocycles. The van der Waals surface area contributed by atoms with Crippen molar-refractivity contribution >= 4 is 23.5 Å². The van der Waals surface area contributed by atoms with Crippen LogP contribution in [-0.4, -0.2) is 29.0 Å². The Hall–Kier alpha value is -1.62. The zero-order valence-corrected chi connectivity index (χ0v) is 11.2. The van der Waals surface area contributed by atoms with Crippen LogP contribution in [0.3, 0.4) is 0 Å². The molecule has 6 heteroatoms. The van der Waals surface area contributed by atoms with Gasteiger partial charge in [0.2, 0.25) is 0 Å². The second-order valence-corrected chi connectivity index (χ2v) is 5.02. The molecule has 1 N–H and O–H groups in total. The molecule has 98 valence electrons. The topological polar surface area (TPSA) is 68.3 Å². The van der Waals surface area contributed by atoms with Crippen molar-refractivity contribution < 1.29 is 14.3 Å². The molecule has 0 radical (unpaired) electrons. The number of hydrogen-bond donors (Lipinski definition) is 1. The van der Waals surface area contributed by atoms with Gasteiger partial charge in [0.25, 0.3) is 5.91 Å². The fourth-order valence-electron chi connectivity index (χ4n) is 1.18. The number of carbonyl (C=O) groups excluding carboxylic acids is 2. The molecule has 0 spiro atoms. The summed E-state index contributed by atoms with van der Waals surface area (Å²) >= 11 is 5.66. The van der Waals surface area contributed by atoms with E-state index in [0.29, 0.717) is 5.56 Å². The maximum Gasteiger partial charge on any atom is 0.325 e. The van der Waals surface area contributed by atoms with Crippen molar-refractivity contribution in [3.05, 3.63) is 29.0 Å². The molecule has 1 heterocycles. The fraction of sp³-hybridized carbons (Fsp3) is 0.417. The molecule has 0 aliphatic carbocycles. The van der Waals surface area contributed by atoms with Crippen LogP contribution >= 0.6 is 11.6 Å². The molecule has 1 aromatic rings. The highest BCUT2D eigenvalue weighted by atomic mass is 35.5. The average molecular weight is 271 g/mol. The summed E-state index contributed by atoms with van der Waals surface area (Å²) in [5, 5.41) is 2.67. The number of rotatable bonds is 3. The van der Waals surface area contributed by atoms with Gasteiger partial charge in [0, 0.05) is 11.8 Å². The van der Waals surface area contributed by atoms with E-state index in [-0.39, 0.29) is 11.7 Å². The number of pyridine rings is 1. The van der Waals surface area contributed by atoms with Crippen LogP contribution in [0.4, 0.5) is 0 Å². The molecule has 1 aromatic heterocycles. The summed E-state index contributed by atoms with van der Waals surface area (Å²) in [6, 6.07) is 2.93. The predicted octanol–water partition coefficient (Wildman–Crippen LogP) is 1.81. The van der Waals surface area contributed by atoms with E-state index in [2.05, 4.69) is 10.3 Å². The molecule has 1 rings (SSSR count). The van der Waals surface area contributed by atoms with Crippen LogP contribution in [0.5, 0.6) is 0 Å². The van der Waals surface area contributed by atoms with Gasteiger partial charge in [-0.15, -0.1) is 0 Å². The molecule has 0 saturated heterocycles. The summed E-state index contributed by atoms with van der Waals surface area (Å²) in [6.07, 6.45) is 1.42. The number of halogens is 1. The van der Waals surface area contributed by atoms with Crippen molar-refractivity contribution in [1.82, 2.24) is 10.3 Å². The highest BCUT2D eigenvalue weighted by molar-refractivity contribution is 6.29. The Morgan fingerprint density at radius 2 is 2.11 bits per heavy atom. The van der Waals surface area contributed by atoms with E-state index in [1.807, 2.05) is 0 Å². The smallest absolute Gasteiger partial charge is 0.325 e. The maximum atomic E-state index is 11.7. The monoisotopic (exact) mass is 270 g/mol. The Morgan fingerprint density at radius 1 is 1.44 bits per heavy atom. The second-order valence-electron chi connectivity index (χ2n) is 4.64. The van der Waals surface area contributed by atoms with Crippen molar-refractivity contribution in [3.63, 3.8) is 0 Å². The largest absolute Gasteiger partial charge is 0.459 e. The lowest BCUT2D eigenvalue weighted by atomic mass is 10.2. The van der Waals surface area contributed by atoms with Crippen molar-refractivity contribution in [1.29, 1.82) is 0 Å². The van der Waals surface area contributed by atoms with Crippen LogP contribution in [0.25, 0.3) is 0 Å². The van der Waals surface area contributed by atoms with Gasteiger partial charge in [-0.3, -0.25) is 9.59 Å². The van der Waals surface area contributed by atoms with E-state index >= 15 is 0 Å².